The summed E-state index contributed by atoms with van der Waals surface area (Å²) in [4.78, 5) is 35.7. The Labute approximate surface area is 253 Å². The Bertz CT molecular complexity index is 1880. The van der Waals surface area contributed by atoms with Crippen LogP contribution in [0.2, 0.25) is 0 Å². The van der Waals surface area contributed by atoms with Crippen LogP contribution in [0, 0.1) is 11.6 Å². The van der Waals surface area contributed by atoms with E-state index in [1.165, 1.54) is 18.2 Å². The summed E-state index contributed by atoms with van der Waals surface area (Å²) >= 11 is 0. The predicted octanol–water partition coefficient (Wildman–Crippen LogP) is 6.55. The SMILES string of the molecule is CC(C)(C)OC(=O)N1CCCC(NC(=O)c2ccc(-c3cc(F)c4ncc(Cc5ccc6ncccc6c5)n4c3)cc2F)C1. The largest absolute Gasteiger partial charge is 0.444 e. The van der Waals surface area contributed by atoms with E-state index in [4.69, 9.17) is 4.74 Å². The van der Waals surface area contributed by atoms with Crippen LogP contribution in [0.5, 0.6) is 0 Å². The molecule has 1 fully saturated rings. The van der Waals surface area contributed by atoms with Gasteiger partial charge in [0.25, 0.3) is 5.91 Å². The minimum absolute atomic E-state index is 0.126. The molecule has 1 aliphatic rings. The number of amides is 2. The molecule has 6 rings (SSSR count). The lowest BCUT2D eigenvalue weighted by atomic mass is 10.0. The number of benzene rings is 2. The van der Waals surface area contributed by atoms with E-state index in [2.05, 4.69) is 15.3 Å². The second kappa shape index (κ2) is 11.7. The highest BCUT2D eigenvalue weighted by molar-refractivity contribution is 5.95. The third kappa shape index (κ3) is 6.24. The molecule has 0 aliphatic carbocycles. The number of piperidine rings is 1. The van der Waals surface area contributed by atoms with Gasteiger partial charge in [-0.1, -0.05) is 18.2 Å². The average molecular weight is 598 g/mol. The lowest BCUT2D eigenvalue weighted by molar-refractivity contribution is 0.0185. The van der Waals surface area contributed by atoms with Gasteiger partial charge in [0.2, 0.25) is 0 Å². The number of carbonyl (C=O) groups is 2. The van der Waals surface area contributed by atoms with E-state index in [0.717, 1.165) is 22.2 Å². The van der Waals surface area contributed by atoms with Crippen molar-refractivity contribution in [2.75, 3.05) is 13.1 Å². The molecule has 1 saturated heterocycles. The summed E-state index contributed by atoms with van der Waals surface area (Å²) in [6.07, 6.45) is 6.53. The molecule has 226 valence electrons. The molecular formula is C34H33F2N5O3. The number of nitrogens with zero attached hydrogens (tertiary/aromatic N) is 4. The van der Waals surface area contributed by atoms with Gasteiger partial charge in [0, 0.05) is 60.8 Å². The van der Waals surface area contributed by atoms with Crippen LogP contribution in [0.25, 0.3) is 27.7 Å². The summed E-state index contributed by atoms with van der Waals surface area (Å²) in [6.45, 7) is 6.20. The zero-order chi connectivity index (χ0) is 31.0. The number of ether oxygens (including phenoxy) is 1. The molecule has 0 spiro atoms. The van der Waals surface area contributed by atoms with E-state index < -0.39 is 29.2 Å². The first-order chi connectivity index (χ1) is 21.0. The van der Waals surface area contributed by atoms with E-state index in [-0.39, 0.29) is 23.8 Å². The molecule has 1 unspecified atom stereocenters. The van der Waals surface area contributed by atoms with Crippen LogP contribution in [0.15, 0.2) is 73.2 Å². The number of imidazole rings is 1. The molecule has 0 radical (unpaired) electrons. The fraction of sp³-hybridized carbons (Fsp3) is 0.294. The van der Waals surface area contributed by atoms with E-state index in [1.54, 1.807) is 54.7 Å². The van der Waals surface area contributed by atoms with Crippen LogP contribution in [0.4, 0.5) is 13.6 Å². The Morgan fingerprint density at radius 1 is 1.02 bits per heavy atom. The molecule has 0 saturated carbocycles. The minimum atomic E-state index is -0.726. The van der Waals surface area contributed by atoms with Crippen molar-refractivity contribution >= 4 is 28.6 Å². The second-order valence-corrected chi connectivity index (χ2v) is 12.2. The third-order valence-corrected chi connectivity index (χ3v) is 7.65. The van der Waals surface area contributed by atoms with Crippen LogP contribution in [0.3, 0.4) is 0 Å². The second-order valence-electron chi connectivity index (χ2n) is 12.2. The van der Waals surface area contributed by atoms with Gasteiger partial charge < -0.3 is 19.4 Å². The molecule has 4 heterocycles. The first-order valence-corrected chi connectivity index (χ1v) is 14.6. The smallest absolute Gasteiger partial charge is 0.410 e. The molecular weight excluding hydrogens is 564 g/mol. The van der Waals surface area contributed by atoms with Gasteiger partial charge in [-0.2, -0.15) is 0 Å². The van der Waals surface area contributed by atoms with Gasteiger partial charge >= 0.3 is 6.09 Å². The molecule has 2 amide bonds. The number of hydrogen-bond acceptors (Lipinski definition) is 5. The van der Waals surface area contributed by atoms with Crippen molar-refractivity contribution in [3.8, 4) is 11.1 Å². The zero-order valence-electron chi connectivity index (χ0n) is 24.8. The van der Waals surface area contributed by atoms with Crippen LogP contribution < -0.4 is 5.32 Å². The number of aromatic nitrogens is 3. The molecule has 44 heavy (non-hydrogen) atoms. The van der Waals surface area contributed by atoms with Gasteiger partial charge in [0.1, 0.15) is 11.4 Å². The molecule has 0 bridgehead atoms. The highest BCUT2D eigenvalue weighted by Gasteiger charge is 2.29. The van der Waals surface area contributed by atoms with E-state index in [9.17, 15) is 9.59 Å². The van der Waals surface area contributed by atoms with Crippen molar-refractivity contribution in [1.82, 2.24) is 24.6 Å². The van der Waals surface area contributed by atoms with Gasteiger partial charge in [-0.25, -0.2) is 18.6 Å². The van der Waals surface area contributed by atoms with Crippen molar-refractivity contribution in [2.24, 2.45) is 0 Å². The molecule has 8 nitrogen and oxygen atoms in total. The topological polar surface area (TPSA) is 88.8 Å². The average Bonchev–Trinajstić information content (AvgIpc) is 3.39. The molecule has 2 aromatic carbocycles. The van der Waals surface area contributed by atoms with Crippen molar-refractivity contribution in [3.05, 3.63) is 102 Å². The summed E-state index contributed by atoms with van der Waals surface area (Å²) in [5.74, 6) is -1.84. The Hall–Kier alpha value is -4.86. The molecule has 5 aromatic rings. The normalized spacial score (nSPS) is 15.5. The molecule has 1 aliphatic heterocycles. The first kappa shape index (κ1) is 29.2. The van der Waals surface area contributed by atoms with Gasteiger partial charge in [-0.3, -0.25) is 9.78 Å². The summed E-state index contributed by atoms with van der Waals surface area (Å²) < 4.78 is 37.6. The summed E-state index contributed by atoms with van der Waals surface area (Å²) in [7, 11) is 0. The maximum atomic E-state index is 15.3. The van der Waals surface area contributed by atoms with E-state index in [1.807, 2.05) is 30.3 Å². The van der Waals surface area contributed by atoms with Gasteiger partial charge in [-0.05, 0) is 81.1 Å². The quantitative estimate of drug-likeness (QED) is 0.248. The molecule has 1 atom stereocenters. The van der Waals surface area contributed by atoms with Gasteiger partial charge in [0.15, 0.2) is 11.5 Å². The molecule has 10 heteroatoms. The van der Waals surface area contributed by atoms with Crippen LogP contribution in [-0.2, 0) is 11.2 Å². The number of pyridine rings is 2. The number of rotatable bonds is 5. The highest BCUT2D eigenvalue weighted by atomic mass is 19.1. The number of likely N-dealkylation sites (tertiary alicyclic amines) is 1. The first-order valence-electron chi connectivity index (χ1n) is 14.6. The van der Waals surface area contributed by atoms with Gasteiger partial charge in [-0.15, -0.1) is 0 Å². The van der Waals surface area contributed by atoms with Crippen molar-refractivity contribution < 1.29 is 23.1 Å². The number of nitrogens with one attached hydrogen (secondary N) is 1. The van der Waals surface area contributed by atoms with Crippen molar-refractivity contribution in [3.63, 3.8) is 0 Å². The maximum Gasteiger partial charge on any atom is 0.410 e. The third-order valence-electron chi connectivity index (χ3n) is 7.65. The Morgan fingerprint density at radius 3 is 2.64 bits per heavy atom. The summed E-state index contributed by atoms with van der Waals surface area (Å²) in [5.41, 5.74) is 2.98. The number of hydrogen-bond donors (Lipinski definition) is 1. The van der Waals surface area contributed by atoms with Crippen LogP contribution >= 0.6 is 0 Å². The van der Waals surface area contributed by atoms with Crippen molar-refractivity contribution in [2.45, 2.75) is 51.7 Å². The zero-order valence-corrected chi connectivity index (χ0v) is 24.8. The summed E-state index contributed by atoms with van der Waals surface area (Å²) in [5, 5.41) is 3.86. The summed E-state index contributed by atoms with van der Waals surface area (Å²) in [6, 6.07) is 15.1. The van der Waals surface area contributed by atoms with E-state index in [0.29, 0.717) is 36.9 Å². The van der Waals surface area contributed by atoms with Gasteiger partial charge in [0.05, 0.1) is 11.1 Å². The molecule has 1 N–H and O–H groups in total. The van der Waals surface area contributed by atoms with Crippen LogP contribution in [0.1, 0.15) is 55.2 Å². The molecule has 3 aromatic heterocycles. The van der Waals surface area contributed by atoms with Crippen molar-refractivity contribution in [1.29, 1.82) is 0 Å². The monoisotopic (exact) mass is 597 g/mol. The van der Waals surface area contributed by atoms with E-state index >= 15 is 8.78 Å². The Balaban J connectivity index is 1.19. The number of halogens is 2. The van der Waals surface area contributed by atoms with Crippen LogP contribution in [-0.4, -0.2) is 56.0 Å². The maximum absolute atomic E-state index is 15.3. The Morgan fingerprint density at radius 2 is 1.84 bits per heavy atom. The minimum Gasteiger partial charge on any atom is -0.444 e. The Kier molecular flexibility index (Phi) is 7.75. The highest BCUT2D eigenvalue weighted by Crippen LogP contribution is 2.27. The predicted molar refractivity (Wildman–Crippen MR) is 163 cm³/mol. The fourth-order valence-electron chi connectivity index (χ4n) is 5.56. The lowest BCUT2D eigenvalue weighted by Crippen LogP contribution is -2.50. The number of carbonyl (C=O) groups excluding carboxylic acids is 2. The lowest BCUT2D eigenvalue weighted by Gasteiger charge is -2.34. The number of fused-ring (bicyclic) bond motifs is 2. The standard InChI is InChI=1S/C34H33F2N5O3/c1-34(2,3)44-33(43)40-13-5-7-25(20-40)39-32(42)27-10-9-22(16-28(27)35)24-17-29(36)31-38-18-26(41(31)19-24)15-21-8-11-30-23(14-21)6-4-12-37-30/h4,6,8-12,14,16-19,25H,5,7,13,15,20H2,1-3H3,(H,39,42). The fourth-order valence-corrected chi connectivity index (χ4v) is 5.56.